The van der Waals surface area contributed by atoms with Crippen molar-refractivity contribution in [1.82, 2.24) is 0 Å². The fraction of sp³-hybridized carbons (Fsp3) is 0.222. The Morgan fingerprint density at radius 1 is 1.22 bits per heavy atom. The average molecular weight is 374 g/mol. The summed E-state index contributed by atoms with van der Waals surface area (Å²) in [6.45, 7) is 1.73. The lowest BCUT2D eigenvalue weighted by molar-refractivity contribution is -0.141. The molecule has 0 aromatic heterocycles. The first kappa shape index (κ1) is 15.9. The molecule has 0 spiro atoms. The van der Waals surface area contributed by atoms with Crippen molar-refractivity contribution in [3.05, 3.63) is 64.1 Å². The Bertz CT molecular complexity index is 775. The molecule has 1 N–H and O–H groups in total. The summed E-state index contributed by atoms with van der Waals surface area (Å²) >= 11 is 3.36. The molecule has 0 radical (unpaired) electrons. The Balaban J connectivity index is 2.06. The van der Waals surface area contributed by atoms with Crippen molar-refractivity contribution in [2.45, 2.75) is 25.5 Å². The first-order valence-corrected chi connectivity index (χ1v) is 8.09. The van der Waals surface area contributed by atoms with Gasteiger partial charge in [-0.25, -0.2) is 0 Å². The molecule has 0 bridgehead atoms. The second-order valence-corrected chi connectivity index (χ2v) is 6.69. The number of hydrogen-bond acceptors (Lipinski definition) is 3. The van der Waals surface area contributed by atoms with Crippen LogP contribution in [-0.4, -0.2) is 16.8 Å². The summed E-state index contributed by atoms with van der Waals surface area (Å²) in [7, 11) is 0. The van der Waals surface area contributed by atoms with Crippen LogP contribution in [0.15, 0.2) is 53.0 Å². The third-order valence-corrected chi connectivity index (χ3v) is 4.48. The number of rotatable bonds is 4. The summed E-state index contributed by atoms with van der Waals surface area (Å²) < 4.78 is 0.757. The number of fused-ring (bicyclic) bond motifs is 1. The zero-order valence-corrected chi connectivity index (χ0v) is 14.2. The predicted octanol–water partition coefficient (Wildman–Crippen LogP) is 3.16. The number of ketones is 1. The van der Waals surface area contributed by atoms with Gasteiger partial charge in [0.05, 0.1) is 12.2 Å². The minimum atomic E-state index is -1.79. The third kappa shape index (κ3) is 2.82. The molecule has 0 saturated carbocycles. The first-order valence-electron chi connectivity index (χ1n) is 7.29. The van der Waals surface area contributed by atoms with Gasteiger partial charge in [0.2, 0.25) is 0 Å². The van der Waals surface area contributed by atoms with Crippen molar-refractivity contribution in [2.24, 2.45) is 0 Å². The topological polar surface area (TPSA) is 57.6 Å². The van der Waals surface area contributed by atoms with E-state index in [0.29, 0.717) is 17.8 Å². The summed E-state index contributed by atoms with van der Waals surface area (Å²) in [6.07, 6.45) is -0.222. The maximum atomic E-state index is 12.8. The molecule has 1 aliphatic heterocycles. The van der Waals surface area contributed by atoms with E-state index in [-0.39, 0.29) is 12.2 Å². The van der Waals surface area contributed by atoms with Gasteiger partial charge in [0, 0.05) is 16.5 Å². The van der Waals surface area contributed by atoms with E-state index in [0.717, 1.165) is 10.0 Å². The Labute approximate surface area is 142 Å². The molecule has 2 aromatic carbocycles. The van der Waals surface area contributed by atoms with Gasteiger partial charge in [-0.05, 0) is 30.7 Å². The molecule has 5 heteroatoms. The van der Waals surface area contributed by atoms with Crippen LogP contribution in [0.25, 0.3) is 0 Å². The molecule has 0 unspecified atom stereocenters. The van der Waals surface area contributed by atoms with Crippen molar-refractivity contribution in [3.63, 3.8) is 0 Å². The van der Waals surface area contributed by atoms with Crippen LogP contribution in [0.2, 0.25) is 0 Å². The lowest BCUT2D eigenvalue weighted by Gasteiger charge is -2.22. The molecular weight excluding hydrogens is 358 g/mol. The van der Waals surface area contributed by atoms with Crippen molar-refractivity contribution in [1.29, 1.82) is 0 Å². The van der Waals surface area contributed by atoms with Crippen LogP contribution in [0.1, 0.15) is 24.5 Å². The molecule has 2 aromatic rings. The zero-order valence-electron chi connectivity index (χ0n) is 12.6. The maximum absolute atomic E-state index is 12.8. The lowest BCUT2D eigenvalue weighted by atomic mass is 9.90. The SMILES string of the molecule is CC(=O)C[C@@]1(O)C(=O)N(Cc2ccccc2)c2ccc(Br)cc21. The molecule has 1 heterocycles. The Kier molecular flexibility index (Phi) is 4.08. The highest BCUT2D eigenvalue weighted by atomic mass is 79.9. The van der Waals surface area contributed by atoms with Gasteiger partial charge in [-0.15, -0.1) is 0 Å². The number of amides is 1. The monoisotopic (exact) mass is 373 g/mol. The number of carbonyl (C=O) groups excluding carboxylic acids is 2. The van der Waals surface area contributed by atoms with E-state index < -0.39 is 11.5 Å². The fourth-order valence-corrected chi connectivity index (χ4v) is 3.34. The van der Waals surface area contributed by atoms with Crippen LogP contribution in [0.3, 0.4) is 0 Å². The van der Waals surface area contributed by atoms with Gasteiger partial charge in [0.15, 0.2) is 5.60 Å². The van der Waals surface area contributed by atoms with Crippen LogP contribution >= 0.6 is 15.9 Å². The fourth-order valence-electron chi connectivity index (χ4n) is 2.98. The van der Waals surface area contributed by atoms with Crippen molar-refractivity contribution in [3.8, 4) is 0 Å². The van der Waals surface area contributed by atoms with E-state index in [9.17, 15) is 14.7 Å². The molecular formula is C18H16BrNO3. The highest BCUT2D eigenvalue weighted by Gasteiger charge is 2.50. The molecule has 1 amide bonds. The van der Waals surface area contributed by atoms with Gasteiger partial charge < -0.3 is 10.0 Å². The molecule has 3 rings (SSSR count). The Morgan fingerprint density at radius 2 is 1.91 bits per heavy atom. The van der Waals surface area contributed by atoms with Crippen molar-refractivity contribution >= 4 is 33.3 Å². The van der Waals surface area contributed by atoms with Gasteiger partial charge in [-0.2, -0.15) is 0 Å². The number of benzene rings is 2. The summed E-state index contributed by atoms with van der Waals surface area (Å²) in [5.41, 5.74) is 0.287. The molecule has 4 nitrogen and oxygen atoms in total. The number of Topliss-reactive ketones (excluding diaryl/α,β-unsaturated/α-hetero) is 1. The highest BCUT2D eigenvalue weighted by Crippen LogP contribution is 2.44. The van der Waals surface area contributed by atoms with Gasteiger partial charge in [0.25, 0.3) is 5.91 Å². The molecule has 0 saturated heterocycles. The van der Waals surface area contributed by atoms with Crippen LogP contribution in [0.4, 0.5) is 5.69 Å². The predicted molar refractivity (Wildman–Crippen MR) is 91.0 cm³/mol. The highest BCUT2D eigenvalue weighted by molar-refractivity contribution is 9.10. The van der Waals surface area contributed by atoms with Crippen LogP contribution < -0.4 is 4.90 Å². The van der Waals surface area contributed by atoms with Gasteiger partial charge in [-0.3, -0.25) is 9.59 Å². The molecule has 0 fully saturated rings. The van der Waals surface area contributed by atoms with Gasteiger partial charge >= 0.3 is 0 Å². The average Bonchev–Trinajstić information content (AvgIpc) is 2.70. The molecule has 1 atom stereocenters. The second kappa shape index (κ2) is 5.91. The second-order valence-electron chi connectivity index (χ2n) is 5.78. The number of hydrogen-bond donors (Lipinski definition) is 1. The quantitative estimate of drug-likeness (QED) is 0.895. The summed E-state index contributed by atoms with van der Waals surface area (Å²) in [4.78, 5) is 26.0. The standard InChI is InChI=1S/C18H16BrNO3/c1-12(21)10-18(23)15-9-14(19)7-8-16(15)20(17(18)22)11-13-5-3-2-4-6-13/h2-9,23H,10-11H2,1H3/t18-/m0/s1. The van der Waals surface area contributed by atoms with Crippen LogP contribution in [0, 0.1) is 0 Å². The molecule has 118 valence electrons. The van der Waals surface area contributed by atoms with Crippen LogP contribution in [0.5, 0.6) is 0 Å². The zero-order chi connectivity index (χ0) is 16.6. The van der Waals surface area contributed by atoms with Crippen LogP contribution in [-0.2, 0) is 21.7 Å². The molecule has 23 heavy (non-hydrogen) atoms. The summed E-state index contributed by atoms with van der Waals surface area (Å²) in [5, 5.41) is 10.9. The smallest absolute Gasteiger partial charge is 0.264 e. The summed E-state index contributed by atoms with van der Waals surface area (Å²) in [6, 6.07) is 14.9. The largest absolute Gasteiger partial charge is 0.375 e. The van der Waals surface area contributed by atoms with E-state index in [4.69, 9.17) is 0 Å². The number of carbonyl (C=O) groups is 2. The van der Waals surface area contributed by atoms with E-state index in [1.165, 1.54) is 6.92 Å². The van der Waals surface area contributed by atoms with E-state index >= 15 is 0 Å². The summed E-state index contributed by atoms with van der Waals surface area (Å²) in [5.74, 6) is -0.682. The lowest BCUT2D eigenvalue weighted by Crippen LogP contribution is -2.41. The number of aliphatic hydroxyl groups is 1. The molecule has 0 aliphatic carbocycles. The first-order chi connectivity index (χ1) is 10.9. The number of halogens is 1. The normalized spacial score (nSPS) is 19.8. The van der Waals surface area contributed by atoms with E-state index in [2.05, 4.69) is 15.9 Å². The third-order valence-electron chi connectivity index (χ3n) is 3.98. The van der Waals surface area contributed by atoms with Gasteiger partial charge in [0.1, 0.15) is 5.78 Å². The van der Waals surface area contributed by atoms with Crippen molar-refractivity contribution in [2.75, 3.05) is 4.90 Å². The van der Waals surface area contributed by atoms with Gasteiger partial charge in [-0.1, -0.05) is 46.3 Å². The minimum absolute atomic E-state index is 0.222. The maximum Gasteiger partial charge on any atom is 0.264 e. The van der Waals surface area contributed by atoms with E-state index in [1.807, 2.05) is 36.4 Å². The molecule has 1 aliphatic rings. The van der Waals surface area contributed by atoms with Crippen molar-refractivity contribution < 1.29 is 14.7 Å². The Morgan fingerprint density at radius 3 is 2.57 bits per heavy atom. The minimum Gasteiger partial charge on any atom is -0.375 e. The van der Waals surface area contributed by atoms with E-state index in [1.54, 1.807) is 17.0 Å². The number of anilines is 1. The Hall–Kier alpha value is -1.98. The number of nitrogens with zero attached hydrogens (tertiary/aromatic N) is 1.